The molecule has 2 aromatic rings. The van der Waals surface area contributed by atoms with Crippen molar-refractivity contribution in [3.63, 3.8) is 0 Å². The number of rotatable bonds is 1. The molecule has 4 heteroatoms. The van der Waals surface area contributed by atoms with E-state index < -0.39 is 0 Å². The molecule has 2 rings (SSSR count). The second-order valence-electron chi connectivity index (χ2n) is 3.46. The summed E-state index contributed by atoms with van der Waals surface area (Å²) in [6, 6.07) is 3.99. The lowest BCUT2D eigenvalue weighted by Gasteiger charge is -1.99. The van der Waals surface area contributed by atoms with E-state index in [2.05, 4.69) is 20.9 Å². The minimum atomic E-state index is -0.0522. The molecule has 2 N–H and O–H groups in total. The van der Waals surface area contributed by atoms with E-state index in [-0.39, 0.29) is 6.04 Å². The summed E-state index contributed by atoms with van der Waals surface area (Å²) < 4.78 is 2.96. The molecule has 2 heterocycles. The molecule has 0 aliphatic heterocycles. The van der Waals surface area contributed by atoms with Crippen LogP contribution in [0.1, 0.15) is 24.2 Å². The number of pyridine rings is 1. The highest BCUT2D eigenvalue weighted by Crippen LogP contribution is 2.24. The van der Waals surface area contributed by atoms with Crippen molar-refractivity contribution < 1.29 is 0 Å². The van der Waals surface area contributed by atoms with Crippen LogP contribution in [0.5, 0.6) is 0 Å². The minimum Gasteiger partial charge on any atom is -0.323 e. The maximum absolute atomic E-state index is 5.82. The zero-order valence-electron chi connectivity index (χ0n) is 8.16. The Hall–Kier alpha value is -0.870. The van der Waals surface area contributed by atoms with E-state index in [9.17, 15) is 0 Å². The molecule has 1 atom stereocenters. The summed E-state index contributed by atoms with van der Waals surface area (Å²) in [5, 5.41) is 0. The molecule has 14 heavy (non-hydrogen) atoms. The van der Waals surface area contributed by atoms with Crippen LogP contribution in [0.3, 0.4) is 0 Å². The second kappa shape index (κ2) is 3.37. The Balaban J connectivity index is 2.80. The van der Waals surface area contributed by atoms with Gasteiger partial charge in [-0.15, -0.1) is 0 Å². The van der Waals surface area contributed by atoms with E-state index in [1.54, 1.807) is 0 Å². The molecule has 0 saturated heterocycles. The SMILES string of the molecule is Cc1cccn2c(Br)c(C(C)N)nc12. The fourth-order valence-corrected chi connectivity index (χ4v) is 2.22. The van der Waals surface area contributed by atoms with E-state index in [0.29, 0.717) is 0 Å². The third-order valence-corrected chi connectivity index (χ3v) is 3.03. The first-order chi connectivity index (χ1) is 6.61. The average Bonchev–Trinajstić information content (AvgIpc) is 2.46. The predicted molar refractivity (Wildman–Crippen MR) is 60.2 cm³/mol. The van der Waals surface area contributed by atoms with Crippen molar-refractivity contribution in [3.05, 3.63) is 34.2 Å². The summed E-state index contributed by atoms with van der Waals surface area (Å²) in [5.74, 6) is 0. The Kier molecular flexibility index (Phi) is 2.33. The summed E-state index contributed by atoms with van der Waals surface area (Å²) >= 11 is 3.51. The van der Waals surface area contributed by atoms with Crippen molar-refractivity contribution in [2.24, 2.45) is 5.73 Å². The molecule has 0 saturated carbocycles. The smallest absolute Gasteiger partial charge is 0.140 e. The van der Waals surface area contributed by atoms with Crippen LogP contribution < -0.4 is 5.73 Å². The Morgan fingerprint density at radius 1 is 1.57 bits per heavy atom. The van der Waals surface area contributed by atoms with E-state index in [4.69, 9.17) is 5.73 Å². The lowest BCUT2D eigenvalue weighted by molar-refractivity contribution is 0.784. The lowest BCUT2D eigenvalue weighted by Crippen LogP contribution is -2.05. The fourth-order valence-electron chi connectivity index (χ4n) is 1.48. The molecule has 0 radical (unpaired) electrons. The number of hydrogen-bond donors (Lipinski definition) is 1. The number of imidazole rings is 1. The van der Waals surface area contributed by atoms with E-state index in [1.165, 1.54) is 0 Å². The maximum atomic E-state index is 5.82. The number of aromatic nitrogens is 2. The van der Waals surface area contributed by atoms with E-state index in [0.717, 1.165) is 21.5 Å². The van der Waals surface area contributed by atoms with Gasteiger partial charge in [-0.25, -0.2) is 4.98 Å². The van der Waals surface area contributed by atoms with Gasteiger partial charge in [-0.05, 0) is 41.4 Å². The third-order valence-electron chi connectivity index (χ3n) is 2.24. The standard InChI is InChI=1S/C10H12BrN3/c1-6-4-3-5-14-9(11)8(7(2)12)13-10(6)14/h3-5,7H,12H2,1-2H3. The molecule has 1 unspecified atom stereocenters. The van der Waals surface area contributed by atoms with Gasteiger partial charge in [0.05, 0.1) is 5.69 Å². The maximum Gasteiger partial charge on any atom is 0.140 e. The van der Waals surface area contributed by atoms with E-state index in [1.807, 2.05) is 36.6 Å². The molecule has 0 fully saturated rings. The molecule has 0 aliphatic rings. The third kappa shape index (κ3) is 1.35. The largest absolute Gasteiger partial charge is 0.323 e. The highest BCUT2D eigenvalue weighted by Gasteiger charge is 2.13. The Morgan fingerprint density at radius 3 is 2.86 bits per heavy atom. The van der Waals surface area contributed by atoms with Crippen molar-refractivity contribution in [2.75, 3.05) is 0 Å². The monoisotopic (exact) mass is 253 g/mol. The van der Waals surface area contributed by atoms with Crippen LogP contribution in [0.2, 0.25) is 0 Å². The van der Waals surface area contributed by atoms with Crippen LogP contribution in [-0.4, -0.2) is 9.38 Å². The first-order valence-electron chi connectivity index (χ1n) is 4.50. The van der Waals surface area contributed by atoms with Crippen molar-refractivity contribution in [1.29, 1.82) is 0 Å². The zero-order chi connectivity index (χ0) is 10.3. The summed E-state index contributed by atoms with van der Waals surface area (Å²) in [6.07, 6.45) is 1.98. The van der Waals surface area contributed by atoms with Gasteiger partial charge in [0, 0.05) is 12.2 Å². The first kappa shape index (κ1) is 9.68. The molecule has 2 aromatic heterocycles. The molecular weight excluding hydrogens is 242 g/mol. The van der Waals surface area contributed by atoms with Gasteiger partial charge in [0.1, 0.15) is 10.3 Å². The topological polar surface area (TPSA) is 43.3 Å². The van der Waals surface area contributed by atoms with Crippen LogP contribution in [0, 0.1) is 6.92 Å². The number of nitrogens with two attached hydrogens (primary N) is 1. The van der Waals surface area contributed by atoms with Crippen molar-refractivity contribution in [3.8, 4) is 0 Å². The molecule has 0 aromatic carbocycles. The normalized spacial score (nSPS) is 13.4. The minimum absolute atomic E-state index is 0.0522. The van der Waals surface area contributed by atoms with Gasteiger partial charge >= 0.3 is 0 Å². The van der Waals surface area contributed by atoms with Gasteiger partial charge in [-0.2, -0.15) is 0 Å². The lowest BCUT2D eigenvalue weighted by atomic mass is 10.3. The number of nitrogens with zero attached hydrogens (tertiary/aromatic N) is 2. The number of halogens is 1. The van der Waals surface area contributed by atoms with Crippen LogP contribution in [-0.2, 0) is 0 Å². The van der Waals surface area contributed by atoms with Gasteiger partial charge in [0.15, 0.2) is 0 Å². The Bertz CT molecular complexity index is 473. The molecular formula is C10H12BrN3. The van der Waals surface area contributed by atoms with Gasteiger partial charge in [-0.3, -0.25) is 4.40 Å². The molecule has 0 spiro atoms. The molecule has 3 nitrogen and oxygen atoms in total. The van der Waals surface area contributed by atoms with Crippen LogP contribution in [0.25, 0.3) is 5.65 Å². The van der Waals surface area contributed by atoms with Crippen LogP contribution in [0.15, 0.2) is 22.9 Å². The first-order valence-corrected chi connectivity index (χ1v) is 5.29. The van der Waals surface area contributed by atoms with Gasteiger partial charge < -0.3 is 5.73 Å². The molecule has 0 aliphatic carbocycles. The number of hydrogen-bond acceptors (Lipinski definition) is 2. The van der Waals surface area contributed by atoms with Crippen LogP contribution in [0.4, 0.5) is 0 Å². The summed E-state index contributed by atoms with van der Waals surface area (Å²) in [4.78, 5) is 4.50. The van der Waals surface area contributed by atoms with Gasteiger partial charge in [0.2, 0.25) is 0 Å². The quantitative estimate of drug-likeness (QED) is 0.849. The Morgan fingerprint density at radius 2 is 2.29 bits per heavy atom. The fraction of sp³-hybridized carbons (Fsp3) is 0.300. The van der Waals surface area contributed by atoms with Crippen LogP contribution >= 0.6 is 15.9 Å². The van der Waals surface area contributed by atoms with E-state index >= 15 is 0 Å². The number of fused-ring (bicyclic) bond motifs is 1. The van der Waals surface area contributed by atoms with Crippen molar-refractivity contribution in [1.82, 2.24) is 9.38 Å². The van der Waals surface area contributed by atoms with Gasteiger partial charge in [-0.1, -0.05) is 6.07 Å². The zero-order valence-corrected chi connectivity index (χ0v) is 9.75. The number of aryl methyl sites for hydroxylation is 1. The summed E-state index contributed by atoms with van der Waals surface area (Å²) in [7, 11) is 0. The summed E-state index contributed by atoms with van der Waals surface area (Å²) in [5.41, 5.74) is 8.84. The highest BCUT2D eigenvalue weighted by molar-refractivity contribution is 9.10. The molecule has 0 amide bonds. The Labute approximate surface area is 91.1 Å². The average molecular weight is 254 g/mol. The van der Waals surface area contributed by atoms with Crippen molar-refractivity contribution in [2.45, 2.75) is 19.9 Å². The van der Waals surface area contributed by atoms with Crippen molar-refractivity contribution >= 4 is 21.6 Å². The molecule has 0 bridgehead atoms. The summed E-state index contributed by atoms with van der Waals surface area (Å²) in [6.45, 7) is 3.97. The highest BCUT2D eigenvalue weighted by atomic mass is 79.9. The predicted octanol–water partition coefficient (Wildman–Crippen LogP) is 2.42. The second-order valence-corrected chi connectivity index (χ2v) is 4.21. The van der Waals surface area contributed by atoms with Gasteiger partial charge in [0.25, 0.3) is 0 Å². The molecule has 74 valence electrons.